The summed E-state index contributed by atoms with van der Waals surface area (Å²) in [5.41, 5.74) is 3.31. The molecule has 0 aliphatic rings. The van der Waals surface area contributed by atoms with Crippen LogP contribution in [0.3, 0.4) is 0 Å². The highest BCUT2D eigenvalue weighted by Gasteiger charge is 2.10. The predicted octanol–water partition coefficient (Wildman–Crippen LogP) is 2.87. The number of phenolic OH excluding ortho intramolecular Hbond substituents is 1. The summed E-state index contributed by atoms with van der Waals surface area (Å²) in [6.45, 7) is 0. The van der Waals surface area contributed by atoms with E-state index in [9.17, 15) is 9.90 Å². The molecule has 0 aliphatic heterocycles. The first-order chi connectivity index (χ1) is 8.66. The minimum atomic E-state index is -0.513. The zero-order valence-corrected chi connectivity index (χ0v) is 10.7. The smallest absolute Gasteiger partial charge is 0.275 e. The van der Waals surface area contributed by atoms with Gasteiger partial charge in [0.05, 0.1) is 11.8 Å². The molecule has 0 saturated carbocycles. The summed E-state index contributed by atoms with van der Waals surface area (Å²) in [5, 5.41) is 17.5. The van der Waals surface area contributed by atoms with Crippen molar-refractivity contribution in [2.24, 2.45) is 5.10 Å². The van der Waals surface area contributed by atoms with E-state index in [1.807, 2.05) is 16.8 Å². The number of phenols is 1. The number of hydrogen-bond donors (Lipinski definition) is 2. The molecule has 0 saturated heterocycles. The van der Waals surface area contributed by atoms with Crippen LogP contribution in [0.15, 0.2) is 40.1 Å². The summed E-state index contributed by atoms with van der Waals surface area (Å²) in [7, 11) is 0. The molecule has 1 heterocycles. The third kappa shape index (κ3) is 3.09. The van der Waals surface area contributed by atoms with Gasteiger partial charge in [0, 0.05) is 10.6 Å². The van der Waals surface area contributed by atoms with Crippen LogP contribution < -0.4 is 5.43 Å². The fourth-order valence-electron chi connectivity index (χ4n) is 1.26. The Hall–Kier alpha value is -1.85. The normalized spacial score (nSPS) is 10.7. The SMILES string of the molecule is O=C(N/N=C\c1ccsc1)c1cc(Cl)ccc1O. The van der Waals surface area contributed by atoms with Gasteiger partial charge in [-0.3, -0.25) is 4.79 Å². The van der Waals surface area contributed by atoms with E-state index in [1.165, 1.54) is 35.8 Å². The molecule has 0 bridgehead atoms. The monoisotopic (exact) mass is 280 g/mol. The van der Waals surface area contributed by atoms with Crippen molar-refractivity contribution in [3.63, 3.8) is 0 Å². The Morgan fingerprint density at radius 2 is 2.28 bits per heavy atom. The number of amides is 1. The second-order valence-electron chi connectivity index (χ2n) is 3.42. The number of hydrogen-bond acceptors (Lipinski definition) is 4. The number of hydrazone groups is 1. The van der Waals surface area contributed by atoms with E-state index < -0.39 is 5.91 Å². The maximum absolute atomic E-state index is 11.7. The van der Waals surface area contributed by atoms with E-state index in [1.54, 1.807) is 0 Å². The van der Waals surface area contributed by atoms with Crippen LogP contribution in [0.25, 0.3) is 0 Å². The second kappa shape index (κ2) is 5.66. The number of halogens is 1. The van der Waals surface area contributed by atoms with Crippen molar-refractivity contribution < 1.29 is 9.90 Å². The molecule has 0 atom stereocenters. The highest BCUT2D eigenvalue weighted by molar-refractivity contribution is 7.08. The van der Waals surface area contributed by atoms with E-state index in [-0.39, 0.29) is 11.3 Å². The van der Waals surface area contributed by atoms with E-state index >= 15 is 0 Å². The molecule has 0 radical (unpaired) electrons. The van der Waals surface area contributed by atoms with Crippen LogP contribution in [-0.2, 0) is 0 Å². The number of thiophene rings is 1. The Morgan fingerprint density at radius 3 is 3.00 bits per heavy atom. The molecule has 1 amide bonds. The van der Waals surface area contributed by atoms with Crippen molar-refractivity contribution in [2.45, 2.75) is 0 Å². The molecule has 2 aromatic rings. The van der Waals surface area contributed by atoms with Gasteiger partial charge in [-0.2, -0.15) is 16.4 Å². The molecule has 4 nitrogen and oxygen atoms in total. The average Bonchev–Trinajstić information content (AvgIpc) is 2.85. The molecule has 0 aliphatic carbocycles. The standard InChI is InChI=1S/C12H9ClN2O2S/c13-9-1-2-11(16)10(5-9)12(17)15-14-6-8-3-4-18-7-8/h1-7,16H,(H,15,17)/b14-6-. The lowest BCUT2D eigenvalue weighted by Gasteiger charge is -2.02. The number of carbonyl (C=O) groups is 1. The molecular formula is C12H9ClN2O2S. The summed E-state index contributed by atoms with van der Waals surface area (Å²) in [6.07, 6.45) is 1.52. The third-order valence-corrected chi connectivity index (χ3v) is 3.06. The number of nitrogens with one attached hydrogen (secondary N) is 1. The highest BCUT2D eigenvalue weighted by Crippen LogP contribution is 2.21. The molecule has 2 N–H and O–H groups in total. The minimum Gasteiger partial charge on any atom is -0.507 e. The summed E-state index contributed by atoms with van der Waals surface area (Å²) < 4.78 is 0. The first-order valence-electron chi connectivity index (χ1n) is 5.01. The number of carbonyl (C=O) groups excluding carboxylic acids is 1. The largest absolute Gasteiger partial charge is 0.507 e. The molecule has 0 unspecified atom stereocenters. The van der Waals surface area contributed by atoms with E-state index in [0.717, 1.165) is 5.56 Å². The van der Waals surface area contributed by atoms with Gasteiger partial charge in [-0.15, -0.1) is 0 Å². The fourth-order valence-corrected chi connectivity index (χ4v) is 2.05. The fraction of sp³-hybridized carbons (Fsp3) is 0. The van der Waals surface area contributed by atoms with Crippen molar-refractivity contribution in [3.05, 3.63) is 51.2 Å². The van der Waals surface area contributed by atoms with Crippen LogP contribution in [0, 0.1) is 0 Å². The van der Waals surface area contributed by atoms with Crippen LogP contribution in [0.4, 0.5) is 0 Å². The van der Waals surface area contributed by atoms with E-state index in [0.29, 0.717) is 5.02 Å². The Bertz CT molecular complexity index is 582. The summed E-state index contributed by atoms with van der Waals surface area (Å²) in [5.74, 6) is -0.649. The van der Waals surface area contributed by atoms with Gasteiger partial charge >= 0.3 is 0 Å². The maximum Gasteiger partial charge on any atom is 0.275 e. The van der Waals surface area contributed by atoms with Crippen molar-refractivity contribution in [2.75, 3.05) is 0 Å². The Morgan fingerprint density at radius 1 is 1.44 bits per heavy atom. The van der Waals surface area contributed by atoms with Gasteiger partial charge in [-0.1, -0.05) is 11.6 Å². The lowest BCUT2D eigenvalue weighted by Crippen LogP contribution is -2.17. The number of rotatable bonds is 3. The first-order valence-corrected chi connectivity index (χ1v) is 6.33. The van der Waals surface area contributed by atoms with Crippen molar-refractivity contribution in [1.29, 1.82) is 0 Å². The van der Waals surface area contributed by atoms with Gasteiger partial charge in [-0.05, 0) is 35.0 Å². The van der Waals surface area contributed by atoms with Gasteiger partial charge in [0.2, 0.25) is 0 Å². The summed E-state index contributed by atoms with van der Waals surface area (Å²) >= 11 is 7.29. The van der Waals surface area contributed by atoms with Crippen LogP contribution in [0.2, 0.25) is 5.02 Å². The van der Waals surface area contributed by atoms with Crippen molar-refractivity contribution >= 4 is 35.1 Å². The molecule has 92 valence electrons. The molecular weight excluding hydrogens is 272 g/mol. The zero-order valence-electron chi connectivity index (χ0n) is 9.13. The Kier molecular flexibility index (Phi) is 3.96. The molecule has 18 heavy (non-hydrogen) atoms. The molecule has 1 aromatic heterocycles. The third-order valence-electron chi connectivity index (χ3n) is 2.13. The molecule has 0 fully saturated rings. The van der Waals surface area contributed by atoms with E-state index in [4.69, 9.17) is 11.6 Å². The molecule has 1 aromatic carbocycles. The second-order valence-corrected chi connectivity index (χ2v) is 4.63. The van der Waals surface area contributed by atoms with Crippen molar-refractivity contribution in [3.8, 4) is 5.75 Å². The van der Waals surface area contributed by atoms with Crippen LogP contribution >= 0.6 is 22.9 Å². The molecule has 0 spiro atoms. The van der Waals surface area contributed by atoms with Gasteiger partial charge in [0.25, 0.3) is 5.91 Å². The predicted molar refractivity (Wildman–Crippen MR) is 72.5 cm³/mol. The zero-order chi connectivity index (χ0) is 13.0. The van der Waals surface area contributed by atoms with Crippen molar-refractivity contribution in [1.82, 2.24) is 5.43 Å². The van der Waals surface area contributed by atoms with Gasteiger partial charge in [-0.25, -0.2) is 5.43 Å². The average molecular weight is 281 g/mol. The van der Waals surface area contributed by atoms with E-state index in [2.05, 4.69) is 10.5 Å². The number of nitrogens with zero attached hydrogens (tertiary/aromatic N) is 1. The van der Waals surface area contributed by atoms with Gasteiger partial charge in [0.15, 0.2) is 0 Å². The first kappa shape index (κ1) is 12.6. The Labute approximate surface area is 113 Å². The van der Waals surface area contributed by atoms with Crippen LogP contribution in [-0.4, -0.2) is 17.2 Å². The summed E-state index contributed by atoms with van der Waals surface area (Å²) in [4.78, 5) is 11.7. The van der Waals surface area contributed by atoms with Crippen LogP contribution in [0.1, 0.15) is 15.9 Å². The summed E-state index contributed by atoms with van der Waals surface area (Å²) in [6, 6.07) is 6.12. The molecule has 2 rings (SSSR count). The maximum atomic E-state index is 11.7. The number of benzene rings is 1. The quantitative estimate of drug-likeness (QED) is 0.671. The van der Waals surface area contributed by atoms with Gasteiger partial charge < -0.3 is 5.11 Å². The van der Waals surface area contributed by atoms with Crippen LogP contribution in [0.5, 0.6) is 5.75 Å². The topological polar surface area (TPSA) is 61.7 Å². The minimum absolute atomic E-state index is 0.0879. The lowest BCUT2D eigenvalue weighted by atomic mass is 10.2. The van der Waals surface area contributed by atoms with Gasteiger partial charge in [0.1, 0.15) is 5.75 Å². The molecule has 6 heteroatoms. The lowest BCUT2D eigenvalue weighted by molar-refractivity contribution is 0.0952. The Balaban J connectivity index is 2.06. The highest BCUT2D eigenvalue weighted by atomic mass is 35.5. The number of aromatic hydroxyl groups is 1.